The van der Waals surface area contributed by atoms with E-state index in [-0.39, 0.29) is 12.5 Å². The molecule has 0 aliphatic rings. The molecule has 4 nitrogen and oxygen atoms in total. The lowest BCUT2D eigenvalue weighted by Gasteiger charge is -2.10. The van der Waals surface area contributed by atoms with Gasteiger partial charge in [0.05, 0.1) is 0 Å². The van der Waals surface area contributed by atoms with Crippen LogP contribution in [0.25, 0.3) is 0 Å². The number of carbonyl (C=O) groups excluding carboxylic acids is 1. The number of hydrogen-bond donors (Lipinski definition) is 2. The van der Waals surface area contributed by atoms with E-state index in [1.165, 1.54) is 0 Å². The fourth-order valence-electron chi connectivity index (χ4n) is 2.51. The average Bonchev–Trinajstić information content (AvgIpc) is 3.10. The molecule has 2 aromatic carbocycles. The second-order valence-electron chi connectivity index (χ2n) is 5.50. The molecule has 25 heavy (non-hydrogen) atoms. The summed E-state index contributed by atoms with van der Waals surface area (Å²) in [6.07, 6.45) is 1.90. The average molecular weight is 330 g/mol. The largest absolute Gasteiger partial charge is 0.384 e. The minimum atomic E-state index is -0.170. The molecule has 0 aliphatic heterocycles. The third-order valence-electron chi connectivity index (χ3n) is 3.71. The summed E-state index contributed by atoms with van der Waals surface area (Å²) < 4.78 is 1.92. The lowest BCUT2D eigenvalue weighted by molar-refractivity contribution is 0.101. The van der Waals surface area contributed by atoms with E-state index >= 15 is 0 Å². The molecule has 0 spiro atoms. The van der Waals surface area contributed by atoms with Crippen molar-refractivity contribution in [1.82, 2.24) is 4.57 Å². The number of anilines is 1. The summed E-state index contributed by atoms with van der Waals surface area (Å²) in [4.78, 5) is 12.6. The van der Waals surface area contributed by atoms with Gasteiger partial charge < -0.3 is 15.0 Å². The van der Waals surface area contributed by atoms with Gasteiger partial charge in [0.15, 0.2) is 0 Å². The lowest BCUT2D eigenvalue weighted by Crippen LogP contribution is -2.17. The third kappa shape index (κ3) is 4.37. The van der Waals surface area contributed by atoms with E-state index in [0.29, 0.717) is 17.9 Å². The van der Waals surface area contributed by atoms with E-state index in [1.807, 2.05) is 47.2 Å². The Morgan fingerprint density at radius 2 is 1.76 bits per heavy atom. The van der Waals surface area contributed by atoms with Crippen LogP contribution in [0.15, 0.2) is 72.9 Å². The number of benzene rings is 2. The van der Waals surface area contributed by atoms with Crippen molar-refractivity contribution in [1.29, 1.82) is 0 Å². The minimum Gasteiger partial charge on any atom is -0.384 e. The number of nitrogens with zero attached hydrogens (tertiary/aromatic N) is 1. The number of aliphatic hydroxyl groups excluding tert-OH is 1. The monoisotopic (exact) mass is 330 g/mol. The zero-order valence-corrected chi connectivity index (χ0v) is 13.6. The Kier molecular flexibility index (Phi) is 5.30. The predicted octanol–water partition coefficient (Wildman–Crippen LogP) is 3.13. The number of hydrogen-bond acceptors (Lipinski definition) is 2. The van der Waals surface area contributed by atoms with Gasteiger partial charge in [0.25, 0.3) is 5.91 Å². The first-order valence-corrected chi connectivity index (χ1v) is 7.96. The predicted molar refractivity (Wildman–Crippen MR) is 98.3 cm³/mol. The second-order valence-corrected chi connectivity index (χ2v) is 5.50. The van der Waals surface area contributed by atoms with Crippen molar-refractivity contribution < 1.29 is 9.90 Å². The van der Waals surface area contributed by atoms with Gasteiger partial charge in [-0.05, 0) is 42.0 Å². The van der Waals surface area contributed by atoms with E-state index in [1.54, 1.807) is 30.3 Å². The molecule has 3 rings (SSSR count). The first-order chi connectivity index (χ1) is 12.3. The molecule has 4 heteroatoms. The number of rotatable bonds is 4. The van der Waals surface area contributed by atoms with Gasteiger partial charge in [-0.2, -0.15) is 0 Å². The van der Waals surface area contributed by atoms with Crippen LogP contribution in [0.4, 0.5) is 5.69 Å². The quantitative estimate of drug-likeness (QED) is 0.722. The number of aromatic nitrogens is 1. The van der Waals surface area contributed by atoms with Gasteiger partial charge in [-0.1, -0.05) is 42.2 Å². The molecule has 0 unspecified atom stereocenters. The highest BCUT2D eigenvalue weighted by atomic mass is 16.2. The summed E-state index contributed by atoms with van der Waals surface area (Å²) in [5.41, 5.74) is 3.24. The lowest BCUT2D eigenvalue weighted by atomic mass is 10.2. The Hall–Kier alpha value is -3.29. The molecule has 1 aromatic heterocycles. The first kappa shape index (κ1) is 16.6. The van der Waals surface area contributed by atoms with Gasteiger partial charge in [0.1, 0.15) is 12.3 Å². The van der Waals surface area contributed by atoms with Crippen LogP contribution in [0.1, 0.15) is 21.6 Å². The molecule has 3 aromatic rings. The maximum Gasteiger partial charge on any atom is 0.272 e. The molecule has 0 aliphatic carbocycles. The van der Waals surface area contributed by atoms with Crippen LogP contribution in [0.5, 0.6) is 0 Å². The highest BCUT2D eigenvalue weighted by molar-refractivity contribution is 6.03. The molecule has 2 N–H and O–H groups in total. The van der Waals surface area contributed by atoms with Crippen molar-refractivity contribution in [3.63, 3.8) is 0 Å². The van der Waals surface area contributed by atoms with E-state index in [4.69, 9.17) is 5.11 Å². The van der Waals surface area contributed by atoms with Crippen molar-refractivity contribution in [2.75, 3.05) is 11.9 Å². The van der Waals surface area contributed by atoms with Crippen LogP contribution in [0.3, 0.4) is 0 Å². The topological polar surface area (TPSA) is 54.3 Å². The van der Waals surface area contributed by atoms with Gasteiger partial charge >= 0.3 is 0 Å². The smallest absolute Gasteiger partial charge is 0.272 e. The van der Waals surface area contributed by atoms with Crippen LogP contribution in [-0.4, -0.2) is 22.2 Å². The van der Waals surface area contributed by atoms with Crippen LogP contribution < -0.4 is 5.32 Å². The fourth-order valence-corrected chi connectivity index (χ4v) is 2.51. The second kappa shape index (κ2) is 8.00. The number of carbonyl (C=O) groups is 1. The standard InChI is InChI=1S/C21H18N2O2/c24-15-5-8-17-10-12-19(13-11-17)22-21(25)20-9-4-14-23(20)16-18-6-2-1-3-7-18/h1-4,6-7,9-14,24H,15-16H2,(H,22,25). The Morgan fingerprint density at radius 1 is 1.00 bits per heavy atom. The van der Waals surface area contributed by atoms with Crippen molar-refractivity contribution in [2.45, 2.75) is 6.54 Å². The maximum absolute atomic E-state index is 12.6. The number of amides is 1. The zero-order chi connectivity index (χ0) is 17.5. The molecule has 1 heterocycles. The normalized spacial score (nSPS) is 9.96. The minimum absolute atomic E-state index is 0.157. The van der Waals surface area contributed by atoms with Crippen molar-refractivity contribution in [3.8, 4) is 11.8 Å². The third-order valence-corrected chi connectivity index (χ3v) is 3.71. The SMILES string of the molecule is O=C(Nc1ccc(C#CCO)cc1)c1cccn1Cc1ccccc1. The summed E-state index contributed by atoms with van der Waals surface area (Å²) >= 11 is 0. The fraction of sp³-hybridized carbons (Fsp3) is 0.0952. The van der Waals surface area contributed by atoms with Crippen molar-refractivity contribution in [2.24, 2.45) is 0 Å². The first-order valence-electron chi connectivity index (χ1n) is 7.96. The molecular formula is C21H18N2O2. The highest BCUT2D eigenvalue weighted by Crippen LogP contribution is 2.13. The molecule has 0 bridgehead atoms. The van der Waals surface area contributed by atoms with Crippen molar-refractivity contribution in [3.05, 3.63) is 89.7 Å². The summed E-state index contributed by atoms with van der Waals surface area (Å²) in [6, 6.07) is 20.9. The molecule has 0 saturated heterocycles. The van der Waals surface area contributed by atoms with Gasteiger partial charge in [0, 0.05) is 24.0 Å². The molecule has 0 radical (unpaired) electrons. The summed E-state index contributed by atoms with van der Waals surface area (Å²) in [5, 5.41) is 11.6. The molecule has 124 valence electrons. The summed E-state index contributed by atoms with van der Waals surface area (Å²) in [5.74, 6) is 5.26. The van der Waals surface area contributed by atoms with E-state index in [9.17, 15) is 4.79 Å². The number of nitrogens with one attached hydrogen (secondary N) is 1. The molecule has 0 fully saturated rings. The highest BCUT2D eigenvalue weighted by Gasteiger charge is 2.11. The molecule has 0 atom stereocenters. The van der Waals surface area contributed by atoms with Gasteiger partial charge in [-0.15, -0.1) is 0 Å². The Labute approximate surface area is 146 Å². The van der Waals surface area contributed by atoms with E-state index in [2.05, 4.69) is 17.2 Å². The zero-order valence-electron chi connectivity index (χ0n) is 13.6. The van der Waals surface area contributed by atoms with Crippen LogP contribution in [-0.2, 0) is 6.54 Å². The molecular weight excluding hydrogens is 312 g/mol. The van der Waals surface area contributed by atoms with Crippen LogP contribution in [0, 0.1) is 11.8 Å². The summed E-state index contributed by atoms with van der Waals surface area (Å²) in [7, 11) is 0. The van der Waals surface area contributed by atoms with E-state index < -0.39 is 0 Å². The Morgan fingerprint density at radius 3 is 2.48 bits per heavy atom. The summed E-state index contributed by atoms with van der Waals surface area (Å²) in [6.45, 7) is 0.475. The van der Waals surface area contributed by atoms with Gasteiger partial charge in [-0.25, -0.2) is 0 Å². The van der Waals surface area contributed by atoms with Gasteiger partial charge in [-0.3, -0.25) is 4.79 Å². The van der Waals surface area contributed by atoms with Crippen LogP contribution in [0.2, 0.25) is 0 Å². The maximum atomic E-state index is 12.6. The Balaban J connectivity index is 1.71. The van der Waals surface area contributed by atoms with Crippen LogP contribution >= 0.6 is 0 Å². The van der Waals surface area contributed by atoms with Gasteiger partial charge in [0.2, 0.25) is 0 Å². The Bertz CT molecular complexity index is 900. The number of aliphatic hydroxyl groups is 1. The molecule has 1 amide bonds. The van der Waals surface area contributed by atoms with Crippen molar-refractivity contribution >= 4 is 11.6 Å². The van der Waals surface area contributed by atoms with E-state index in [0.717, 1.165) is 11.1 Å². The molecule has 0 saturated carbocycles.